The van der Waals surface area contributed by atoms with Crippen LogP contribution >= 0.6 is 0 Å². The minimum absolute atomic E-state index is 0.000320. The molecule has 1 spiro atoms. The Balaban J connectivity index is 1.24. The quantitative estimate of drug-likeness (QED) is 0.812. The normalized spacial score (nSPS) is 23.8. The van der Waals surface area contributed by atoms with Crippen LogP contribution in [0.3, 0.4) is 0 Å². The lowest BCUT2D eigenvalue weighted by molar-refractivity contribution is -0.156. The molecule has 3 heterocycles. The number of nitrogens with zero attached hydrogens (tertiary/aromatic N) is 3. The summed E-state index contributed by atoms with van der Waals surface area (Å²) in [5.74, 6) is 0.804. The number of carbonyl (C=O) groups is 2. The Morgan fingerprint density at radius 1 is 1.17 bits per heavy atom. The Morgan fingerprint density at radius 2 is 1.90 bits per heavy atom. The second kappa shape index (κ2) is 7.54. The monoisotopic (exact) mass is 408 g/mol. The Labute approximate surface area is 176 Å². The molecule has 5 rings (SSSR count). The van der Waals surface area contributed by atoms with Crippen LogP contribution in [0.5, 0.6) is 0 Å². The highest BCUT2D eigenvalue weighted by Crippen LogP contribution is 2.42. The number of benzene rings is 1. The van der Waals surface area contributed by atoms with Gasteiger partial charge in [0, 0.05) is 37.9 Å². The highest BCUT2D eigenvalue weighted by atomic mass is 16.3. The third kappa shape index (κ3) is 3.62. The van der Waals surface area contributed by atoms with E-state index in [0.29, 0.717) is 50.4 Å². The van der Waals surface area contributed by atoms with Crippen LogP contribution in [0, 0.1) is 11.3 Å². The molecule has 2 aliphatic heterocycles. The number of carbonyl (C=O) groups excluding carboxylic acids is 2. The van der Waals surface area contributed by atoms with Crippen molar-refractivity contribution in [2.24, 2.45) is 11.3 Å². The minimum Gasteiger partial charge on any atom is -0.391 e. The molecule has 1 unspecified atom stereocenters. The highest BCUT2D eigenvalue weighted by Gasteiger charge is 2.49. The molecule has 3 fully saturated rings. The second-order valence-electron chi connectivity index (χ2n) is 9.13. The van der Waals surface area contributed by atoms with Crippen molar-refractivity contribution in [2.75, 3.05) is 26.2 Å². The van der Waals surface area contributed by atoms with E-state index >= 15 is 0 Å². The molecule has 1 aromatic carbocycles. The Bertz CT molecular complexity index is 910. The summed E-state index contributed by atoms with van der Waals surface area (Å²) in [6.45, 7) is 2.35. The lowest BCUT2D eigenvalue weighted by Crippen LogP contribution is -2.58. The molecule has 1 aromatic heterocycles. The van der Waals surface area contributed by atoms with E-state index < -0.39 is 11.5 Å². The summed E-state index contributed by atoms with van der Waals surface area (Å²) in [6, 6.07) is 9.42. The van der Waals surface area contributed by atoms with Crippen molar-refractivity contribution in [3.8, 4) is 11.3 Å². The lowest BCUT2D eigenvalue weighted by Gasteiger charge is -2.48. The number of aromatic amines is 1. The molecule has 30 heavy (non-hydrogen) atoms. The fraction of sp³-hybridized carbons (Fsp3) is 0.522. The average molecular weight is 409 g/mol. The molecule has 1 saturated carbocycles. The fourth-order valence-electron chi connectivity index (χ4n) is 4.99. The van der Waals surface area contributed by atoms with E-state index in [1.54, 1.807) is 6.20 Å². The summed E-state index contributed by atoms with van der Waals surface area (Å²) in [5.41, 5.74) is 2.05. The van der Waals surface area contributed by atoms with E-state index in [1.807, 2.05) is 40.1 Å². The van der Waals surface area contributed by atoms with Crippen molar-refractivity contribution in [3.05, 3.63) is 42.1 Å². The molecule has 1 aliphatic carbocycles. The summed E-state index contributed by atoms with van der Waals surface area (Å²) >= 11 is 0. The zero-order chi connectivity index (χ0) is 20.7. The number of nitrogens with one attached hydrogen (secondary N) is 1. The number of piperidine rings is 2. The van der Waals surface area contributed by atoms with Crippen molar-refractivity contribution in [2.45, 2.75) is 38.2 Å². The molecular weight excluding hydrogens is 380 g/mol. The number of likely N-dealkylation sites (tertiary alicyclic amines) is 2. The van der Waals surface area contributed by atoms with E-state index in [-0.39, 0.29) is 11.8 Å². The van der Waals surface area contributed by atoms with E-state index in [0.717, 1.165) is 17.8 Å². The third-order valence-electron chi connectivity index (χ3n) is 6.93. The van der Waals surface area contributed by atoms with Crippen LogP contribution in [-0.2, 0) is 4.79 Å². The van der Waals surface area contributed by atoms with Gasteiger partial charge in [0.25, 0.3) is 5.91 Å². The predicted molar refractivity (Wildman–Crippen MR) is 112 cm³/mol. The molecule has 2 amide bonds. The predicted octanol–water partition coefficient (Wildman–Crippen LogP) is 2.30. The number of H-pyrrole nitrogens is 1. The highest BCUT2D eigenvalue weighted by molar-refractivity contribution is 5.95. The maximum absolute atomic E-state index is 13.2. The van der Waals surface area contributed by atoms with Crippen molar-refractivity contribution in [1.29, 1.82) is 0 Å². The van der Waals surface area contributed by atoms with Crippen LogP contribution in [0.15, 0.2) is 36.5 Å². The van der Waals surface area contributed by atoms with Crippen LogP contribution in [-0.4, -0.2) is 69.2 Å². The van der Waals surface area contributed by atoms with Gasteiger partial charge in [-0.25, -0.2) is 0 Å². The van der Waals surface area contributed by atoms with Gasteiger partial charge in [-0.2, -0.15) is 5.10 Å². The Morgan fingerprint density at radius 3 is 2.53 bits per heavy atom. The van der Waals surface area contributed by atoms with Crippen molar-refractivity contribution >= 4 is 11.8 Å². The third-order valence-corrected chi connectivity index (χ3v) is 6.93. The molecule has 2 N–H and O–H groups in total. The molecule has 7 heteroatoms. The number of hydrogen-bond donors (Lipinski definition) is 2. The molecule has 158 valence electrons. The van der Waals surface area contributed by atoms with E-state index in [1.165, 1.54) is 12.8 Å². The average Bonchev–Trinajstić information content (AvgIpc) is 3.40. The van der Waals surface area contributed by atoms with Crippen LogP contribution in [0.2, 0.25) is 0 Å². The van der Waals surface area contributed by atoms with Gasteiger partial charge in [-0.1, -0.05) is 12.1 Å². The zero-order valence-electron chi connectivity index (χ0n) is 17.1. The summed E-state index contributed by atoms with van der Waals surface area (Å²) in [4.78, 5) is 29.9. The maximum Gasteiger partial charge on any atom is 0.253 e. The van der Waals surface area contributed by atoms with Crippen LogP contribution < -0.4 is 0 Å². The Hall–Kier alpha value is -2.67. The first kappa shape index (κ1) is 19.3. The lowest BCUT2D eigenvalue weighted by atomic mass is 9.70. The first-order valence-corrected chi connectivity index (χ1v) is 10.9. The number of aliphatic hydroxyl groups excluding tert-OH is 1. The van der Waals surface area contributed by atoms with Gasteiger partial charge in [-0.05, 0) is 61.8 Å². The summed E-state index contributed by atoms with van der Waals surface area (Å²) in [6.07, 6.45) is 5.40. The Kier molecular flexibility index (Phi) is 4.85. The summed E-state index contributed by atoms with van der Waals surface area (Å²) < 4.78 is 0. The van der Waals surface area contributed by atoms with E-state index in [9.17, 15) is 14.7 Å². The molecule has 2 saturated heterocycles. The number of hydrogen-bond acceptors (Lipinski definition) is 4. The first-order valence-electron chi connectivity index (χ1n) is 10.9. The smallest absolute Gasteiger partial charge is 0.253 e. The van der Waals surface area contributed by atoms with E-state index in [4.69, 9.17) is 0 Å². The molecule has 2 aromatic rings. The topological polar surface area (TPSA) is 89.5 Å². The van der Waals surface area contributed by atoms with Gasteiger partial charge >= 0.3 is 0 Å². The molecule has 1 atom stereocenters. The SMILES string of the molecule is O=C(c1ccc(-c2ccn[nH]2)cc1)N1CCC2(CC1)CC(O)CN(CC1CC1)C2=O. The minimum atomic E-state index is -0.506. The van der Waals surface area contributed by atoms with Crippen molar-refractivity contribution in [1.82, 2.24) is 20.0 Å². The zero-order valence-corrected chi connectivity index (χ0v) is 17.1. The number of amides is 2. The van der Waals surface area contributed by atoms with Gasteiger partial charge in [-0.3, -0.25) is 14.7 Å². The van der Waals surface area contributed by atoms with Crippen LogP contribution in [0.25, 0.3) is 11.3 Å². The van der Waals surface area contributed by atoms with Crippen molar-refractivity contribution < 1.29 is 14.7 Å². The van der Waals surface area contributed by atoms with Gasteiger partial charge in [0.05, 0.1) is 17.2 Å². The molecule has 3 aliphatic rings. The van der Waals surface area contributed by atoms with Gasteiger partial charge in [0.15, 0.2) is 0 Å². The van der Waals surface area contributed by atoms with Gasteiger partial charge in [0.1, 0.15) is 0 Å². The largest absolute Gasteiger partial charge is 0.391 e. The number of β-amino-alcohol motifs (C(OH)–C–C–N with tert-alkyl or cyclic N) is 1. The fourth-order valence-corrected chi connectivity index (χ4v) is 4.99. The molecular formula is C23H28N4O3. The molecule has 0 bridgehead atoms. The van der Waals surface area contributed by atoms with Gasteiger partial charge in [0.2, 0.25) is 5.91 Å². The van der Waals surface area contributed by atoms with Crippen LogP contribution in [0.1, 0.15) is 42.5 Å². The number of rotatable bonds is 4. The van der Waals surface area contributed by atoms with Gasteiger partial charge in [-0.15, -0.1) is 0 Å². The number of aliphatic hydroxyl groups is 1. The van der Waals surface area contributed by atoms with Crippen molar-refractivity contribution in [3.63, 3.8) is 0 Å². The maximum atomic E-state index is 13.2. The second-order valence-corrected chi connectivity index (χ2v) is 9.13. The summed E-state index contributed by atoms with van der Waals surface area (Å²) in [5, 5.41) is 17.3. The summed E-state index contributed by atoms with van der Waals surface area (Å²) in [7, 11) is 0. The standard InChI is InChI=1S/C23H28N4O3/c28-19-13-23(22(30)27(15-19)14-16-1-2-16)8-11-26(12-9-23)21(29)18-5-3-17(4-6-18)20-7-10-24-25-20/h3-7,10,16,19,28H,1-2,8-9,11-15H2,(H,24,25). The van der Waals surface area contributed by atoms with E-state index in [2.05, 4.69) is 10.2 Å². The molecule has 7 nitrogen and oxygen atoms in total. The number of aromatic nitrogens is 2. The van der Waals surface area contributed by atoms with Gasteiger partial charge < -0.3 is 14.9 Å². The molecule has 0 radical (unpaired) electrons. The first-order chi connectivity index (χ1) is 14.5. The van der Waals surface area contributed by atoms with Crippen LogP contribution in [0.4, 0.5) is 0 Å².